The predicted octanol–water partition coefficient (Wildman–Crippen LogP) is 32.1. The van der Waals surface area contributed by atoms with Crippen molar-refractivity contribution in [1.29, 1.82) is 0 Å². The Kier molecular flexibility index (Phi) is 95.0. The second kappa shape index (κ2) is 99.4. The van der Waals surface area contributed by atoms with Crippen molar-refractivity contribution in [2.75, 3.05) is 39.6 Å². The summed E-state index contributed by atoms with van der Waals surface area (Å²) in [7, 11) is -9.82. The number of aliphatic hydroxyl groups is 2. The zero-order chi connectivity index (χ0) is 92.1. The highest BCUT2D eigenvalue weighted by Crippen LogP contribution is 2.45. The third-order valence-corrected chi connectivity index (χ3v) is 23.2. The zero-order valence-corrected chi connectivity index (χ0v) is 82.2. The van der Waals surface area contributed by atoms with E-state index in [0.717, 1.165) is 199 Å². The van der Waals surface area contributed by atoms with Gasteiger partial charge in [-0.1, -0.05) is 434 Å². The van der Waals surface area contributed by atoms with Crippen LogP contribution >= 0.6 is 15.6 Å². The Morgan fingerprint density at radius 3 is 0.622 bits per heavy atom. The van der Waals surface area contributed by atoms with Gasteiger partial charge < -0.3 is 34.2 Å². The summed E-state index contributed by atoms with van der Waals surface area (Å²) in [6.45, 7) is 2.39. The van der Waals surface area contributed by atoms with E-state index in [4.69, 9.17) is 32.3 Å². The van der Waals surface area contributed by atoms with Crippen LogP contribution in [0, 0.1) is 0 Å². The van der Waals surface area contributed by atoms with Gasteiger partial charge in [-0.05, 0) is 161 Å². The van der Waals surface area contributed by atoms with E-state index >= 15 is 0 Å². The molecule has 0 aromatic rings. The molecule has 127 heavy (non-hydrogen) atoms. The SMILES string of the molecule is CC/C=C\C/C=C\C/C=C\C/C=C\C/C=C\C/C=C\CCCCCCCCCCC(=O)OC(COC(=O)CCCCCCCCCCCCCCC/C=C\C/C=C\C/C=C\C/C=C\C/C=C\CC)COP(=O)(O)OCC(O)COP(=O)(O)OCC(O)COC(=O)CCCCCCCCCCCCCCCCCCCCC/C=C\C/C=C\C/C=C\C/C=C\C/C=C\CC. The van der Waals surface area contributed by atoms with Gasteiger partial charge in [-0.3, -0.25) is 32.5 Å². The highest BCUT2D eigenvalue weighted by Gasteiger charge is 2.30. The molecule has 0 heterocycles. The van der Waals surface area contributed by atoms with Crippen LogP contribution in [0.15, 0.2) is 194 Å². The van der Waals surface area contributed by atoms with E-state index < -0.39 is 91.5 Å². The molecule has 0 aliphatic rings. The van der Waals surface area contributed by atoms with Crippen LogP contribution in [-0.4, -0.2) is 95.9 Å². The number of allylic oxidation sites excluding steroid dienone is 32. The number of carbonyl (C=O) groups is 3. The molecular formula is C109H184O16P2. The first-order valence-corrected chi connectivity index (χ1v) is 53.7. The quantitative estimate of drug-likeness (QED) is 0.0146. The van der Waals surface area contributed by atoms with E-state index in [1.807, 2.05) is 0 Å². The molecule has 18 heteroatoms. The fraction of sp³-hybridized carbons (Fsp3) is 0.679. The smallest absolute Gasteiger partial charge is 0.463 e. The lowest BCUT2D eigenvalue weighted by Crippen LogP contribution is -2.30. The van der Waals surface area contributed by atoms with Crippen LogP contribution in [-0.2, 0) is 55.8 Å². The fourth-order valence-corrected chi connectivity index (χ4v) is 15.3. The van der Waals surface area contributed by atoms with Crippen molar-refractivity contribution >= 4 is 33.6 Å². The first-order chi connectivity index (χ1) is 62.2. The number of phosphoric acid groups is 2. The average Bonchev–Trinajstić information content (AvgIpc) is 0.897. The standard InChI is InChI=1S/C109H184O16P2/c1-4-7-10-13-16-19-22-25-28-31-34-37-40-43-46-48-49-50-51-52-53-55-58-59-62-65-68-71-74-77-80-83-86-89-92-95-107(112)119-98-104(110)99-121-126(115,116)122-100-105(111)101-123-127(117,118)124-103-106(125-109(114)97-94-91-88-85-82-79-76-73-70-67-64-61-56-45-42-39-36-33-30-27-24-21-18-15-12-9-6-3)102-120-108(113)96-93-90-87-84-81-78-75-72-69-66-63-60-57-54-47-44-41-38-35-32-29-26-23-20-17-14-11-8-5-2/h7-12,16-21,25-30,34-39,43-47,56,64,67,104-106,110-111H,4-6,13-15,22-24,31-33,40-42,48-55,57-63,65-66,68-103H2,1-3H3,(H,115,116)(H,117,118)/b10-7-,11-8-,12-9-,19-16-,20-17-,21-18-,28-25-,29-26-,30-27-,37-34-,38-35-,39-36-,46-43-,47-44-,56-45-,67-64-. The number of rotatable bonds is 95. The lowest BCUT2D eigenvalue weighted by Gasteiger charge is -2.21. The summed E-state index contributed by atoms with van der Waals surface area (Å²) in [4.78, 5) is 59.2. The number of aliphatic hydroxyl groups excluding tert-OH is 2. The monoisotopic (exact) mass is 1810 g/mol. The van der Waals surface area contributed by atoms with Crippen molar-refractivity contribution in [3.8, 4) is 0 Å². The van der Waals surface area contributed by atoms with Gasteiger partial charge in [0, 0.05) is 19.3 Å². The second-order valence-electron chi connectivity index (χ2n) is 33.5. The highest BCUT2D eigenvalue weighted by atomic mass is 31.2. The number of carbonyl (C=O) groups excluding carboxylic acids is 3. The molecule has 726 valence electrons. The van der Waals surface area contributed by atoms with Gasteiger partial charge in [0.15, 0.2) is 6.10 Å². The van der Waals surface area contributed by atoms with Gasteiger partial charge >= 0.3 is 33.6 Å². The first kappa shape index (κ1) is 121. The molecular weight excluding hydrogens is 1630 g/mol. The summed E-state index contributed by atoms with van der Waals surface area (Å²) in [5.74, 6) is -1.58. The topological polar surface area (TPSA) is 231 Å². The molecule has 5 unspecified atom stereocenters. The minimum absolute atomic E-state index is 0.0890. The summed E-state index contributed by atoms with van der Waals surface area (Å²) in [6.07, 6.45) is 133. The Labute approximate surface area is 776 Å². The molecule has 4 N–H and O–H groups in total. The maximum Gasteiger partial charge on any atom is 0.472 e. The predicted molar refractivity (Wildman–Crippen MR) is 537 cm³/mol. The van der Waals surface area contributed by atoms with E-state index in [0.29, 0.717) is 19.3 Å². The van der Waals surface area contributed by atoms with Crippen LogP contribution in [0.1, 0.15) is 419 Å². The molecule has 0 aromatic heterocycles. The van der Waals surface area contributed by atoms with Crippen LogP contribution < -0.4 is 0 Å². The number of phosphoric ester groups is 2. The number of hydrogen-bond acceptors (Lipinski definition) is 14. The van der Waals surface area contributed by atoms with Crippen LogP contribution in [0.4, 0.5) is 0 Å². The van der Waals surface area contributed by atoms with Crippen molar-refractivity contribution in [2.45, 2.75) is 437 Å². The van der Waals surface area contributed by atoms with Gasteiger partial charge in [-0.15, -0.1) is 0 Å². The largest absolute Gasteiger partial charge is 0.472 e. The van der Waals surface area contributed by atoms with Crippen molar-refractivity contribution < 1.29 is 75.8 Å². The molecule has 16 nitrogen and oxygen atoms in total. The van der Waals surface area contributed by atoms with Gasteiger partial charge in [0.25, 0.3) is 0 Å². The van der Waals surface area contributed by atoms with Crippen molar-refractivity contribution in [3.05, 3.63) is 194 Å². The summed E-state index contributed by atoms with van der Waals surface area (Å²) >= 11 is 0. The molecule has 0 spiro atoms. The van der Waals surface area contributed by atoms with Crippen molar-refractivity contribution in [3.63, 3.8) is 0 Å². The van der Waals surface area contributed by atoms with Crippen LogP contribution in [0.2, 0.25) is 0 Å². The number of ether oxygens (including phenoxy) is 3. The Balaban J connectivity index is 4.60. The van der Waals surface area contributed by atoms with Gasteiger partial charge in [0.1, 0.15) is 25.4 Å². The summed E-state index contributed by atoms with van der Waals surface area (Å²) < 4.78 is 61.7. The summed E-state index contributed by atoms with van der Waals surface area (Å²) in [6, 6.07) is 0. The maximum atomic E-state index is 13.1. The highest BCUT2D eigenvalue weighted by molar-refractivity contribution is 7.47. The van der Waals surface area contributed by atoms with E-state index in [2.05, 4.69) is 215 Å². The molecule has 0 fully saturated rings. The Morgan fingerprint density at radius 1 is 0.220 bits per heavy atom. The van der Waals surface area contributed by atoms with Crippen molar-refractivity contribution in [2.24, 2.45) is 0 Å². The summed E-state index contributed by atoms with van der Waals surface area (Å²) in [5.41, 5.74) is 0. The Bertz CT molecular complexity index is 3090. The fourth-order valence-electron chi connectivity index (χ4n) is 13.8. The molecule has 0 rings (SSSR count). The zero-order valence-electron chi connectivity index (χ0n) is 80.4. The number of esters is 3. The van der Waals surface area contributed by atoms with Gasteiger partial charge in [-0.2, -0.15) is 0 Å². The number of hydrogen-bond donors (Lipinski definition) is 4. The third-order valence-electron chi connectivity index (χ3n) is 21.3. The molecule has 0 radical (unpaired) electrons. The molecule has 0 saturated heterocycles. The van der Waals surface area contributed by atoms with Crippen LogP contribution in [0.5, 0.6) is 0 Å². The molecule has 0 bridgehead atoms. The summed E-state index contributed by atoms with van der Waals surface area (Å²) in [5, 5.41) is 20.8. The molecule has 0 aromatic carbocycles. The lowest BCUT2D eigenvalue weighted by atomic mass is 10.0. The van der Waals surface area contributed by atoms with E-state index in [1.165, 1.54) is 161 Å². The molecule has 0 amide bonds. The maximum absolute atomic E-state index is 13.1. The molecule has 0 saturated carbocycles. The normalized spacial score (nSPS) is 14.5. The number of unbranched alkanes of at least 4 members (excludes halogenated alkanes) is 40. The van der Waals surface area contributed by atoms with E-state index in [-0.39, 0.29) is 19.3 Å². The molecule has 0 aliphatic carbocycles. The van der Waals surface area contributed by atoms with E-state index in [9.17, 15) is 43.5 Å². The third kappa shape index (κ3) is 101. The Morgan fingerprint density at radius 2 is 0.394 bits per heavy atom. The van der Waals surface area contributed by atoms with Gasteiger partial charge in [0.2, 0.25) is 0 Å². The van der Waals surface area contributed by atoms with Crippen LogP contribution in [0.3, 0.4) is 0 Å². The molecule has 5 atom stereocenters. The van der Waals surface area contributed by atoms with Crippen LogP contribution in [0.25, 0.3) is 0 Å². The molecule has 0 aliphatic heterocycles. The lowest BCUT2D eigenvalue weighted by molar-refractivity contribution is -0.161. The average molecular weight is 1810 g/mol. The first-order valence-electron chi connectivity index (χ1n) is 50.7. The second-order valence-corrected chi connectivity index (χ2v) is 36.4. The minimum Gasteiger partial charge on any atom is -0.463 e. The van der Waals surface area contributed by atoms with Gasteiger partial charge in [0.05, 0.1) is 26.4 Å². The Hall–Kier alpha value is -5.61. The van der Waals surface area contributed by atoms with Gasteiger partial charge in [-0.25, -0.2) is 9.13 Å². The minimum atomic E-state index is -4.95. The van der Waals surface area contributed by atoms with Crippen molar-refractivity contribution in [1.82, 2.24) is 0 Å². The van der Waals surface area contributed by atoms with E-state index in [1.54, 1.807) is 0 Å².